The third-order valence-corrected chi connectivity index (χ3v) is 4.57. The van der Waals surface area contributed by atoms with Gasteiger partial charge in [-0.05, 0) is 39.3 Å². The second kappa shape index (κ2) is 6.55. The minimum atomic E-state index is -0.530. The van der Waals surface area contributed by atoms with E-state index in [4.69, 9.17) is 10.5 Å². The fourth-order valence-electron chi connectivity index (χ4n) is 3.46. The van der Waals surface area contributed by atoms with Crippen molar-refractivity contribution in [2.75, 3.05) is 18.8 Å². The molecule has 3 rings (SSSR count). The second-order valence-electron chi connectivity index (χ2n) is 7.69. The van der Waals surface area contributed by atoms with Crippen molar-refractivity contribution in [3.63, 3.8) is 0 Å². The van der Waals surface area contributed by atoms with Gasteiger partial charge in [-0.3, -0.25) is 9.48 Å². The number of benzene rings is 1. The van der Waals surface area contributed by atoms with Crippen LogP contribution in [0.15, 0.2) is 35.1 Å². The molecular weight excluding hydrogens is 332 g/mol. The SMILES string of the molecule is Cn1c(C2CCN(C(=O)OC(C)(C)C)C2)c(N)c(=O)n1-c1ccccc1. The minimum absolute atomic E-state index is 0.00480. The number of rotatable bonds is 2. The quantitative estimate of drug-likeness (QED) is 0.894. The topological polar surface area (TPSA) is 82.5 Å². The molecule has 1 amide bonds. The fraction of sp³-hybridized carbons (Fsp3) is 0.474. The molecule has 1 aromatic carbocycles. The molecule has 0 bridgehead atoms. The molecule has 0 saturated carbocycles. The smallest absolute Gasteiger partial charge is 0.410 e. The van der Waals surface area contributed by atoms with Gasteiger partial charge in [-0.2, -0.15) is 0 Å². The van der Waals surface area contributed by atoms with Crippen LogP contribution in [0, 0.1) is 0 Å². The zero-order valence-electron chi connectivity index (χ0n) is 15.7. The highest BCUT2D eigenvalue weighted by atomic mass is 16.6. The van der Waals surface area contributed by atoms with Gasteiger partial charge in [0.25, 0.3) is 5.56 Å². The first-order chi connectivity index (χ1) is 12.2. The Morgan fingerprint density at radius 2 is 1.88 bits per heavy atom. The molecule has 0 aliphatic carbocycles. The van der Waals surface area contributed by atoms with Crippen LogP contribution in [0.5, 0.6) is 0 Å². The summed E-state index contributed by atoms with van der Waals surface area (Å²) >= 11 is 0. The number of carbonyl (C=O) groups is 1. The zero-order chi connectivity index (χ0) is 19.1. The molecule has 2 heterocycles. The number of para-hydroxylation sites is 1. The fourth-order valence-corrected chi connectivity index (χ4v) is 3.46. The summed E-state index contributed by atoms with van der Waals surface area (Å²) in [5.41, 5.74) is 7.17. The molecule has 2 aromatic rings. The lowest BCUT2D eigenvalue weighted by atomic mass is 10.0. The molecule has 1 fully saturated rings. The first-order valence-electron chi connectivity index (χ1n) is 8.80. The maximum absolute atomic E-state index is 12.7. The van der Waals surface area contributed by atoms with E-state index in [2.05, 4.69) is 0 Å². The number of carbonyl (C=O) groups excluding carboxylic acids is 1. The Balaban J connectivity index is 1.88. The molecule has 1 saturated heterocycles. The average molecular weight is 358 g/mol. The molecule has 7 nitrogen and oxygen atoms in total. The van der Waals surface area contributed by atoms with E-state index in [-0.39, 0.29) is 23.3 Å². The van der Waals surface area contributed by atoms with Crippen LogP contribution in [0.1, 0.15) is 38.8 Å². The van der Waals surface area contributed by atoms with Gasteiger partial charge in [0.1, 0.15) is 11.3 Å². The van der Waals surface area contributed by atoms with Crippen LogP contribution in [0.2, 0.25) is 0 Å². The van der Waals surface area contributed by atoms with E-state index in [1.165, 1.54) is 0 Å². The van der Waals surface area contributed by atoms with Crippen molar-refractivity contribution in [3.05, 3.63) is 46.4 Å². The molecule has 2 N–H and O–H groups in total. The Kier molecular flexibility index (Phi) is 4.56. The van der Waals surface area contributed by atoms with Crippen LogP contribution in [0.4, 0.5) is 10.5 Å². The standard InChI is InChI=1S/C19H26N4O3/c1-19(2,3)26-18(25)22-11-10-13(12-22)16-15(20)17(24)23(21(16)4)14-8-6-5-7-9-14/h5-9,13H,10-12,20H2,1-4H3. The summed E-state index contributed by atoms with van der Waals surface area (Å²) in [5, 5.41) is 0. The van der Waals surface area contributed by atoms with E-state index in [0.717, 1.165) is 17.8 Å². The van der Waals surface area contributed by atoms with E-state index in [1.54, 1.807) is 14.3 Å². The molecule has 1 unspecified atom stereocenters. The van der Waals surface area contributed by atoms with Crippen molar-refractivity contribution >= 4 is 11.8 Å². The minimum Gasteiger partial charge on any atom is -0.444 e. The Morgan fingerprint density at radius 1 is 1.23 bits per heavy atom. The van der Waals surface area contributed by atoms with Crippen LogP contribution in [-0.2, 0) is 11.8 Å². The number of nitrogens with two attached hydrogens (primary N) is 1. The van der Waals surface area contributed by atoms with Crippen molar-refractivity contribution in [1.29, 1.82) is 0 Å². The van der Waals surface area contributed by atoms with Crippen molar-refractivity contribution in [2.24, 2.45) is 7.05 Å². The molecule has 26 heavy (non-hydrogen) atoms. The van der Waals surface area contributed by atoms with Gasteiger partial charge >= 0.3 is 6.09 Å². The molecule has 0 spiro atoms. The van der Waals surface area contributed by atoms with Gasteiger partial charge in [0.05, 0.1) is 11.4 Å². The van der Waals surface area contributed by atoms with Crippen molar-refractivity contribution in [1.82, 2.24) is 14.3 Å². The van der Waals surface area contributed by atoms with Gasteiger partial charge in [0.2, 0.25) is 0 Å². The number of amides is 1. The Bertz CT molecular complexity index is 861. The highest BCUT2D eigenvalue weighted by molar-refractivity contribution is 5.68. The van der Waals surface area contributed by atoms with Crippen molar-refractivity contribution < 1.29 is 9.53 Å². The largest absolute Gasteiger partial charge is 0.444 e. The summed E-state index contributed by atoms with van der Waals surface area (Å²) < 4.78 is 8.82. The molecule has 140 valence electrons. The lowest BCUT2D eigenvalue weighted by Crippen LogP contribution is -2.35. The number of likely N-dealkylation sites (tertiary alicyclic amines) is 1. The number of aromatic nitrogens is 2. The monoisotopic (exact) mass is 358 g/mol. The van der Waals surface area contributed by atoms with Gasteiger partial charge in [-0.25, -0.2) is 9.48 Å². The first kappa shape index (κ1) is 18.1. The van der Waals surface area contributed by atoms with Gasteiger partial charge in [-0.15, -0.1) is 0 Å². The lowest BCUT2D eigenvalue weighted by Gasteiger charge is -2.24. The Hall–Kier alpha value is -2.70. The van der Waals surface area contributed by atoms with Crippen LogP contribution >= 0.6 is 0 Å². The number of anilines is 1. The summed E-state index contributed by atoms with van der Waals surface area (Å²) in [7, 11) is 1.83. The summed E-state index contributed by atoms with van der Waals surface area (Å²) in [5.74, 6) is 0.00480. The third-order valence-electron chi connectivity index (χ3n) is 4.57. The number of hydrogen-bond donors (Lipinski definition) is 1. The maximum atomic E-state index is 12.7. The predicted molar refractivity (Wildman–Crippen MR) is 101 cm³/mol. The predicted octanol–water partition coefficient (Wildman–Crippen LogP) is 2.48. The van der Waals surface area contributed by atoms with Gasteiger partial charge in [0, 0.05) is 26.1 Å². The molecule has 1 aliphatic rings. The van der Waals surface area contributed by atoms with Gasteiger partial charge in [-0.1, -0.05) is 18.2 Å². The Labute approximate surface area is 152 Å². The van der Waals surface area contributed by atoms with Gasteiger partial charge < -0.3 is 15.4 Å². The van der Waals surface area contributed by atoms with Crippen molar-refractivity contribution in [2.45, 2.75) is 38.7 Å². The lowest BCUT2D eigenvalue weighted by molar-refractivity contribution is 0.0292. The maximum Gasteiger partial charge on any atom is 0.410 e. The van der Waals surface area contributed by atoms with E-state index >= 15 is 0 Å². The molecule has 0 radical (unpaired) electrons. The van der Waals surface area contributed by atoms with E-state index in [0.29, 0.717) is 13.1 Å². The van der Waals surface area contributed by atoms with Crippen LogP contribution in [0.25, 0.3) is 5.69 Å². The van der Waals surface area contributed by atoms with Crippen LogP contribution in [0.3, 0.4) is 0 Å². The number of ether oxygens (including phenoxy) is 1. The highest BCUT2D eigenvalue weighted by Crippen LogP contribution is 2.31. The summed E-state index contributed by atoms with van der Waals surface area (Å²) in [4.78, 5) is 26.7. The van der Waals surface area contributed by atoms with E-state index < -0.39 is 5.60 Å². The molecule has 7 heteroatoms. The van der Waals surface area contributed by atoms with E-state index in [1.807, 2.05) is 58.2 Å². The van der Waals surface area contributed by atoms with Gasteiger partial charge in [0.15, 0.2) is 0 Å². The van der Waals surface area contributed by atoms with Crippen LogP contribution < -0.4 is 11.3 Å². The summed E-state index contributed by atoms with van der Waals surface area (Å²) in [6, 6.07) is 9.39. The highest BCUT2D eigenvalue weighted by Gasteiger charge is 2.34. The number of hydrogen-bond acceptors (Lipinski definition) is 4. The first-order valence-corrected chi connectivity index (χ1v) is 8.80. The molecule has 1 aromatic heterocycles. The molecule has 1 aliphatic heterocycles. The third kappa shape index (κ3) is 3.34. The molecular formula is C19H26N4O3. The summed E-state index contributed by atoms with van der Waals surface area (Å²) in [6.07, 6.45) is 0.418. The zero-order valence-corrected chi connectivity index (χ0v) is 15.7. The second-order valence-corrected chi connectivity index (χ2v) is 7.69. The molecule has 1 atom stereocenters. The number of nitrogens with zero attached hydrogens (tertiary/aromatic N) is 3. The van der Waals surface area contributed by atoms with E-state index in [9.17, 15) is 9.59 Å². The van der Waals surface area contributed by atoms with Crippen molar-refractivity contribution in [3.8, 4) is 5.69 Å². The Morgan fingerprint density at radius 3 is 2.50 bits per heavy atom. The average Bonchev–Trinajstić information content (AvgIpc) is 3.11. The normalized spacial score (nSPS) is 17.5. The number of nitrogen functional groups attached to an aromatic ring is 1. The van der Waals surface area contributed by atoms with Crippen LogP contribution in [-0.4, -0.2) is 39.0 Å². The summed E-state index contributed by atoms with van der Waals surface area (Å²) in [6.45, 7) is 6.62.